The first-order chi connectivity index (χ1) is 25.3. The van der Waals surface area contributed by atoms with Gasteiger partial charge in [-0.05, 0) is 75.4 Å². The Morgan fingerprint density at radius 1 is 0.849 bits per heavy atom. The number of carboxylic acid groups (broad SMARTS) is 1. The first-order valence-corrected chi connectivity index (χ1v) is 19.2. The number of esters is 3. The Bertz CT molecular complexity index is 1650. The van der Waals surface area contributed by atoms with E-state index in [9.17, 15) is 24.3 Å². The van der Waals surface area contributed by atoms with Gasteiger partial charge < -0.3 is 40.6 Å². The fraction of sp³-hybridized carbons (Fsp3) is 0.659. The summed E-state index contributed by atoms with van der Waals surface area (Å²) < 4.78 is 15.7. The number of hydrogen-bond donors (Lipinski definition) is 5. The Labute approximate surface area is 313 Å². The van der Waals surface area contributed by atoms with E-state index in [0.717, 1.165) is 30.4 Å². The van der Waals surface area contributed by atoms with Crippen LogP contribution in [0.4, 0.5) is 0 Å². The minimum absolute atomic E-state index is 0.0170. The van der Waals surface area contributed by atoms with Crippen LogP contribution in [0, 0.1) is 23.2 Å². The van der Waals surface area contributed by atoms with Crippen LogP contribution in [0.25, 0.3) is 0 Å². The fourth-order valence-corrected chi connectivity index (χ4v) is 10.9. The number of carboxylic acids is 1. The average molecular weight is 735 g/mol. The Morgan fingerprint density at radius 3 is 2.21 bits per heavy atom. The van der Waals surface area contributed by atoms with Crippen molar-refractivity contribution in [2.75, 3.05) is 21.3 Å². The number of carbonyl (C=O) groups excluding carboxylic acids is 3. The molecule has 0 saturated carbocycles. The standard InChI is InChI=1S/C41H58N4O8/c1-9-23-20(2)29-17-34-27-13-10-26(39(49)52-7)38(40(50)53-8)41(27,5)35(45-34)19-30-22(4)25(12-15-37(48)51-6)33(44-30)18-32-24(11-14-36(46)47)21(3)28(43-32)16-31(23)42-29/h9-10,13,22,25,28-35,38,42-45H,1,11-12,14-19H2,2-8H3,(H,46,47)/t22?,25?,28?,29?,30?,31?,32?,33?,34?,35?,38-,41+/m0/s1. The number of methoxy groups -OCH3 is 3. The van der Waals surface area contributed by atoms with Gasteiger partial charge in [-0.1, -0.05) is 55.4 Å². The molecule has 0 aromatic rings. The Hall–Kier alpha value is -3.58. The van der Waals surface area contributed by atoms with Crippen LogP contribution in [0.5, 0.6) is 0 Å². The Kier molecular flexibility index (Phi) is 11.5. The number of nitrogens with one attached hydrogen (secondary N) is 4. The smallest absolute Gasteiger partial charge is 0.334 e. The van der Waals surface area contributed by atoms with Crippen molar-refractivity contribution >= 4 is 23.9 Å². The molecule has 6 rings (SSSR count). The van der Waals surface area contributed by atoms with Crippen LogP contribution in [0.3, 0.4) is 0 Å². The van der Waals surface area contributed by atoms with E-state index in [4.69, 9.17) is 14.2 Å². The maximum absolute atomic E-state index is 13.8. The number of ether oxygens (including phenoxy) is 3. The average Bonchev–Trinajstić information content (AvgIpc) is 3.79. The third-order valence-corrected chi connectivity index (χ3v) is 13.9. The molecule has 53 heavy (non-hydrogen) atoms. The van der Waals surface area contributed by atoms with Crippen molar-refractivity contribution in [3.63, 3.8) is 0 Å². The molecule has 12 nitrogen and oxygen atoms in total. The van der Waals surface area contributed by atoms with Crippen molar-refractivity contribution in [1.82, 2.24) is 21.3 Å². The number of rotatable bonds is 9. The molecule has 1 aliphatic carbocycles. The summed E-state index contributed by atoms with van der Waals surface area (Å²) in [5.41, 5.74) is 5.34. The summed E-state index contributed by atoms with van der Waals surface area (Å²) >= 11 is 0. The van der Waals surface area contributed by atoms with E-state index in [1.165, 1.54) is 38.0 Å². The van der Waals surface area contributed by atoms with Crippen LogP contribution in [0.1, 0.15) is 79.1 Å². The number of hydrogen-bond acceptors (Lipinski definition) is 11. The highest BCUT2D eigenvalue weighted by molar-refractivity contribution is 5.97. The molecule has 0 amide bonds. The van der Waals surface area contributed by atoms with Gasteiger partial charge in [-0.25, -0.2) is 4.79 Å². The van der Waals surface area contributed by atoms with Gasteiger partial charge in [-0.2, -0.15) is 0 Å². The van der Waals surface area contributed by atoms with Gasteiger partial charge in [0.15, 0.2) is 0 Å². The molecule has 0 aromatic heterocycles. The zero-order valence-corrected chi connectivity index (χ0v) is 32.3. The van der Waals surface area contributed by atoms with E-state index < -0.39 is 29.2 Å². The molecule has 290 valence electrons. The lowest BCUT2D eigenvalue weighted by molar-refractivity contribution is -0.151. The number of aliphatic carboxylic acids is 1. The SMILES string of the molecule is C=CC1=C(C)C2CC3NC(CC4NC(CC5NC(CC1N2)C(C)=C5CCC(=O)O)C(CCC(=O)OC)C4C)[C@@]1(C)C3=CC=C(C(=O)OC)[C@H]1C(=O)OC. The monoisotopic (exact) mass is 734 g/mol. The van der Waals surface area contributed by atoms with Crippen molar-refractivity contribution in [3.05, 3.63) is 58.2 Å². The second kappa shape index (κ2) is 15.6. The molecule has 3 fully saturated rings. The van der Waals surface area contributed by atoms with Gasteiger partial charge in [-0.15, -0.1) is 0 Å². The van der Waals surface area contributed by atoms with Crippen molar-refractivity contribution < 1.29 is 38.5 Å². The number of carbonyl (C=O) groups is 4. The van der Waals surface area contributed by atoms with Gasteiger partial charge in [0, 0.05) is 66.6 Å². The second-order valence-corrected chi connectivity index (χ2v) is 16.2. The van der Waals surface area contributed by atoms with E-state index in [1.54, 1.807) is 6.08 Å². The zero-order chi connectivity index (χ0) is 38.4. The summed E-state index contributed by atoms with van der Waals surface area (Å²) in [7, 11) is 4.11. The van der Waals surface area contributed by atoms with Crippen LogP contribution in [0.15, 0.2) is 58.2 Å². The van der Waals surface area contributed by atoms with E-state index in [-0.39, 0.29) is 78.1 Å². The highest BCUT2D eigenvalue weighted by Crippen LogP contribution is 2.54. The van der Waals surface area contributed by atoms with Crippen molar-refractivity contribution in [2.45, 2.75) is 127 Å². The van der Waals surface area contributed by atoms with Crippen molar-refractivity contribution in [1.29, 1.82) is 0 Å². The molecule has 10 unspecified atom stereocenters. The molecule has 5 aliphatic heterocycles. The number of allylic oxidation sites excluding steroid dienone is 2. The normalized spacial score (nSPS) is 37.8. The Balaban J connectivity index is 1.44. The highest BCUT2D eigenvalue weighted by Gasteiger charge is 2.60. The number of fused-ring (bicyclic) bond motifs is 11. The summed E-state index contributed by atoms with van der Waals surface area (Å²) in [4.78, 5) is 51.3. The molecule has 5 N–H and O–H groups in total. The third-order valence-electron chi connectivity index (χ3n) is 13.9. The second-order valence-electron chi connectivity index (χ2n) is 16.2. The lowest BCUT2D eigenvalue weighted by atomic mass is 9.61. The maximum Gasteiger partial charge on any atom is 0.334 e. The van der Waals surface area contributed by atoms with Gasteiger partial charge in [0.1, 0.15) is 0 Å². The molecule has 3 saturated heterocycles. The van der Waals surface area contributed by atoms with E-state index >= 15 is 0 Å². The van der Waals surface area contributed by atoms with E-state index in [1.807, 2.05) is 12.2 Å². The van der Waals surface area contributed by atoms with E-state index in [2.05, 4.69) is 55.5 Å². The van der Waals surface area contributed by atoms with Crippen LogP contribution in [-0.4, -0.2) is 98.6 Å². The van der Waals surface area contributed by atoms with Crippen LogP contribution in [0.2, 0.25) is 0 Å². The molecular formula is C41H58N4O8. The maximum atomic E-state index is 13.8. The van der Waals surface area contributed by atoms with Gasteiger partial charge in [-0.3, -0.25) is 14.4 Å². The lowest BCUT2D eigenvalue weighted by Gasteiger charge is -2.42. The molecule has 8 bridgehead atoms. The minimum Gasteiger partial charge on any atom is -0.481 e. The summed E-state index contributed by atoms with van der Waals surface area (Å²) in [6.07, 6.45) is 10.1. The van der Waals surface area contributed by atoms with Gasteiger partial charge in [0.25, 0.3) is 0 Å². The predicted molar refractivity (Wildman–Crippen MR) is 199 cm³/mol. The summed E-state index contributed by atoms with van der Waals surface area (Å²) in [6.45, 7) is 12.8. The van der Waals surface area contributed by atoms with E-state index in [0.29, 0.717) is 25.7 Å². The minimum atomic E-state index is -0.873. The van der Waals surface area contributed by atoms with Crippen LogP contribution >= 0.6 is 0 Å². The molecule has 0 radical (unpaired) electrons. The fourth-order valence-electron chi connectivity index (χ4n) is 10.9. The summed E-state index contributed by atoms with van der Waals surface area (Å²) in [6, 6.07) is -0.162. The lowest BCUT2D eigenvalue weighted by Crippen LogP contribution is -2.50. The molecule has 12 heteroatoms. The molecule has 12 atom stereocenters. The third kappa shape index (κ3) is 7.08. The highest BCUT2D eigenvalue weighted by atomic mass is 16.5. The van der Waals surface area contributed by atoms with Gasteiger partial charge in [0.05, 0.1) is 32.8 Å². The first kappa shape index (κ1) is 39.1. The predicted octanol–water partition coefficient (Wildman–Crippen LogP) is 3.65. The van der Waals surface area contributed by atoms with Crippen LogP contribution in [-0.2, 0) is 33.4 Å². The molecule has 0 spiro atoms. The molecular weight excluding hydrogens is 676 g/mol. The van der Waals surface area contributed by atoms with Crippen molar-refractivity contribution in [2.24, 2.45) is 23.2 Å². The first-order valence-electron chi connectivity index (χ1n) is 19.2. The molecule has 6 aliphatic rings. The topological polar surface area (TPSA) is 164 Å². The summed E-state index contributed by atoms with van der Waals surface area (Å²) in [5, 5.41) is 25.6. The largest absolute Gasteiger partial charge is 0.481 e. The van der Waals surface area contributed by atoms with Gasteiger partial charge >= 0.3 is 23.9 Å². The molecule has 0 aromatic carbocycles. The van der Waals surface area contributed by atoms with Crippen LogP contribution < -0.4 is 21.3 Å². The van der Waals surface area contributed by atoms with Crippen molar-refractivity contribution in [3.8, 4) is 0 Å². The Morgan fingerprint density at radius 2 is 1.55 bits per heavy atom. The van der Waals surface area contributed by atoms with Gasteiger partial charge in [0.2, 0.25) is 0 Å². The quantitative estimate of drug-likeness (QED) is 0.133. The molecule has 5 heterocycles. The summed E-state index contributed by atoms with van der Waals surface area (Å²) in [5.74, 6) is -2.65. The zero-order valence-electron chi connectivity index (χ0n) is 32.3.